The van der Waals surface area contributed by atoms with Gasteiger partial charge in [-0.15, -0.1) is 0 Å². The van der Waals surface area contributed by atoms with E-state index in [1.54, 1.807) is 48.7 Å². The molecule has 0 spiro atoms. The van der Waals surface area contributed by atoms with Crippen molar-refractivity contribution in [1.29, 1.82) is 0 Å². The lowest BCUT2D eigenvalue weighted by Crippen LogP contribution is -2.11. The second-order valence-electron chi connectivity index (χ2n) is 5.76. The number of carbonyl (C=O) groups is 1. The number of esters is 1. The summed E-state index contributed by atoms with van der Waals surface area (Å²) in [5.41, 5.74) is 2.12. The minimum absolute atomic E-state index is 0.435. The van der Waals surface area contributed by atoms with E-state index in [9.17, 15) is 4.79 Å². The summed E-state index contributed by atoms with van der Waals surface area (Å²) >= 11 is 0. The number of para-hydroxylation sites is 2. The van der Waals surface area contributed by atoms with Crippen LogP contribution in [-0.4, -0.2) is 26.3 Å². The highest BCUT2D eigenvalue weighted by Gasteiger charge is 2.11. The van der Waals surface area contributed by atoms with Crippen LogP contribution in [0.15, 0.2) is 84.0 Å². The van der Waals surface area contributed by atoms with Crippen LogP contribution in [0, 0.1) is 0 Å². The molecule has 5 heteroatoms. The molecule has 0 radical (unpaired) electrons. The van der Waals surface area contributed by atoms with Gasteiger partial charge in [0.15, 0.2) is 0 Å². The predicted molar refractivity (Wildman–Crippen MR) is 107 cm³/mol. The van der Waals surface area contributed by atoms with E-state index in [-0.39, 0.29) is 0 Å². The van der Waals surface area contributed by atoms with Crippen molar-refractivity contribution in [3.8, 4) is 11.5 Å². The Morgan fingerprint density at radius 2 is 1.59 bits per heavy atom. The van der Waals surface area contributed by atoms with Gasteiger partial charge in [-0.25, -0.2) is 4.79 Å². The van der Waals surface area contributed by atoms with Gasteiger partial charge in [-0.2, -0.15) is 5.10 Å². The minimum Gasteiger partial charge on any atom is -0.497 e. The molecule has 136 valence electrons. The van der Waals surface area contributed by atoms with E-state index in [2.05, 4.69) is 5.10 Å². The van der Waals surface area contributed by atoms with Gasteiger partial charge < -0.3 is 9.47 Å². The van der Waals surface area contributed by atoms with Crippen molar-refractivity contribution in [2.45, 2.75) is 0 Å². The molecule has 3 aromatic rings. The molecule has 0 aliphatic rings. The zero-order valence-electron chi connectivity index (χ0n) is 15.2. The molecule has 0 heterocycles. The number of hydrazone groups is 1. The first-order valence-corrected chi connectivity index (χ1v) is 8.45. The van der Waals surface area contributed by atoms with E-state index in [1.807, 2.05) is 55.6 Å². The van der Waals surface area contributed by atoms with Crippen LogP contribution in [0.5, 0.6) is 11.5 Å². The van der Waals surface area contributed by atoms with Crippen molar-refractivity contribution < 1.29 is 14.3 Å². The Morgan fingerprint density at radius 3 is 2.30 bits per heavy atom. The average Bonchev–Trinajstić information content (AvgIpc) is 2.73. The highest BCUT2D eigenvalue weighted by Crippen LogP contribution is 2.20. The Bertz CT molecular complexity index is 922. The Morgan fingerprint density at radius 1 is 0.926 bits per heavy atom. The van der Waals surface area contributed by atoms with Crippen molar-refractivity contribution in [2.24, 2.45) is 5.10 Å². The zero-order valence-corrected chi connectivity index (χ0v) is 15.2. The zero-order chi connectivity index (χ0) is 19.1. The first-order chi connectivity index (χ1) is 13.2. The standard InChI is InChI=1S/C22H20N2O3/c1-24(19-9-4-3-5-10-19)23-16-18-8-6-7-11-21(18)27-22(25)17-12-14-20(26-2)15-13-17/h3-16H,1-2H3/b23-16+. The number of methoxy groups -OCH3 is 1. The molecule has 3 aromatic carbocycles. The van der Waals surface area contributed by atoms with Gasteiger partial charge in [0.05, 0.1) is 24.6 Å². The molecule has 3 rings (SSSR count). The molecule has 0 aromatic heterocycles. The van der Waals surface area contributed by atoms with Gasteiger partial charge in [0.25, 0.3) is 0 Å². The summed E-state index contributed by atoms with van der Waals surface area (Å²) in [6.07, 6.45) is 1.67. The molecular formula is C22H20N2O3. The largest absolute Gasteiger partial charge is 0.497 e. The van der Waals surface area contributed by atoms with E-state index in [4.69, 9.17) is 9.47 Å². The van der Waals surface area contributed by atoms with Crippen LogP contribution < -0.4 is 14.5 Å². The molecule has 27 heavy (non-hydrogen) atoms. The van der Waals surface area contributed by atoms with Crippen LogP contribution in [0.1, 0.15) is 15.9 Å². The van der Waals surface area contributed by atoms with Crippen molar-refractivity contribution in [3.63, 3.8) is 0 Å². The molecule has 0 aliphatic heterocycles. The first-order valence-electron chi connectivity index (χ1n) is 8.45. The fraction of sp³-hybridized carbons (Fsp3) is 0.0909. The van der Waals surface area contributed by atoms with E-state index in [1.165, 1.54) is 0 Å². The normalized spacial score (nSPS) is 10.6. The molecule has 0 atom stereocenters. The molecule has 0 bridgehead atoms. The fourth-order valence-electron chi connectivity index (χ4n) is 2.43. The maximum atomic E-state index is 12.4. The number of ether oxygens (including phenoxy) is 2. The molecule has 0 amide bonds. The number of anilines is 1. The van der Waals surface area contributed by atoms with Crippen LogP contribution in [0.2, 0.25) is 0 Å². The quantitative estimate of drug-likeness (QED) is 0.283. The van der Waals surface area contributed by atoms with E-state index in [0.717, 1.165) is 5.69 Å². The molecule has 0 saturated carbocycles. The van der Waals surface area contributed by atoms with Gasteiger partial charge in [0.1, 0.15) is 11.5 Å². The van der Waals surface area contributed by atoms with Crippen LogP contribution in [0.4, 0.5) is 5.69 Å². The minimum atomic E-state index is -0.435. The Labute approximate surface area is 158 Å². The summed E-state index contributed by atoms with van der Waals surface area (Å²) in [6, 6.07) is 23.8. The average molecular weight is 360 g/mol. The second kappa shape index (κ2) is 8.67. The van der Waals surface area contributed by atoms with E-state index >= 15 is 0 Å². The lowest BCUT2D eigenvalue weighted by atomic mass is 10.2. The number of hydrogen-bond acceptors (Lipinski definition) is 5. The molecule has 5 nitrogen and oxygen atoms in total. The topological polar surface area (TPSA) is 51.1 Å². The number of carbonyl (C=O) groups excluding carboxylic acids is 1. The highest BCUT2D eigenvalue weighted by molar-refractivity contribution is 5.93. The van der Waals surface area contributed by atoms with Gasteiger partial charge in [-0.05, 0) is 48.5 Å². The Balaban J connectivity index is 1.75. The van der Waals surface area contributed by atoms with Gasteiger partial charge >= 0.3 is 5.97 Å². The molecule has 0 saturated heterocycles. The van der Waals surface area contributed by atoms with Crippen LogP contribution in [-0.2, 0) is 0 Å². The van der Waals surface area contributed by atoms with Gasteiger partial charge in [0, 0.05) is 12.6 Å². The molecule has 0 fully saturated rings. The van der Waals surface area contributed by atoms with E-state index < -0.39 is 5.97 Å². The highest BCUT2D eigenvalue weighted by atomic mass is 16.5. The number of hydrogen-bond donors (Lipinski definition) is 0. The molecule has 0 aliphatic carbocycles. The van der Waals surface area contributed by atoms with Crippen molar-refractivity contribution >= 4 is 17.9 Å². The maximum Gasteiger partial charge on any atom is 0.343 e. The number of nitrogens with zero attached hydrogens (tertiary/aromatic N) is 2. The Kier molecular flexibility index (Phi) is 5.84. The third-order valence-corrected chi connectivity index (χ3v) is 3.95. The third kappa shape index (κ3) is 4.73. The third-order valence-electron chi connectivity index (χ3n) is 3.95. The maximum absolute atomic E-state index is 12.4. The van der Waals surface area contributed by atoms with Gasteiger partial charge in [-0.1, -0.05) is 30.3 Å². The van der Waals surface area contributed by atoms with Crippen LogP contribution >= 0.6 is 0 Å². The summed E-state index contributed by atoms with van der Waals surface area (Å²) in [5, 5.41) is 6.18. The monoisotopic (exact) mass is 360 g/mol. The second-order valence-corrected chi connectivity index (χ2v) is 5.76. The van der Waals surface area contributed by atoms with Crippen molar-refractivity contribution in [1.82, 2.24) is 0 Å². The summed E-state index contributed by atoms with van der Waals surface area (Å²) in [7, 11) is 3.44. The van der Waals surface area contributed by atoms with Crippen LogP contribution in [0.25, 0.3) is 0 Å². The lowest BCUT2D eigenvalue weighted by Gasteiger charge is -2.13. The smallest absolute Gasteiger partial charge is 0.343 e. The number of rotatable bonds is 6. The molecule has 0 N–H and O–H groups in total. The lowest BCUT2D eigenvalue weighted by molar-refractivity contribution is 0.0734. The van der Waals surface area contributed by atoms with Crippen LogP contribution in [0.3, 0.4) is 0 Å². The molecule has 0 unspecified atom stereocenters. The first kappa shape index (κ1) is 18.2. The van der Waals surface area contributed by atoms with E-state index in [0.29, 0.717) is 22.6 Å². The van der Waals surface area contributed by atoms with Crippen molar-refractivity contribution in [3.05, 3.63) is 90.0 Å². The predicted octanol–water partition coefficient (Wildman–Crippen LogP) is 4.38. The van der Waals surface area contributed by atoms with Gasteiger partial charge in [-0.3, -0.25) is 5.01 Å². The molecular weight excluding hydrogens is 340 g/mol. The summed E-state index contributed by atoms with van der Waals surface area (Å²) in [6.45, 7) is 0. The summed E-state index contributed by atoms with van der Waals surface area (Å²) in [5.74, 6) is 0.696. The van der Waals surface area contributed by atoms with Gasteiger partial charge in [0.2, 0.25) is 0 Å². The summed E-state index contributed by atoms with van der Waals surface area (Å²) in [4.78, 5) is 12.4. The summed E-state index contributed by atoms with van der Waals surface area (Å²) < 4.78 is 10.7. The number of benzene rings is 3. The SMILES string of the molecule is COc1ccc(C(=O)Oc2ccccc2/C=N/N(C)c2ccccc2)cc1. The van der Waals surface area contributed by atoms with Crippen molar-refractivity contribution in [2.75, 3.05) is 19.2 Å². The Hall–Kier alpha value is -3.60. The fourth-order valence-corrected chi connectivity index (χ4v) is 2.43.